The Morgan fingerprint density at radius 1 is 1.13 bits per heavy atom. The summed E-state index contributed by atoms with van der Waals surface area (Å²) in [6.07, 6.45) is 3.74. The van der Waals surface area contributed by atoms with E-state index in [0.29, 0.717) is 17.4 Å². The molecule has 2 aliphatic heterocycles. The van der Waals surface area contributed by atoms with Crippen LogP contribution in [0.15, 0.2) is 24.3 Å². The summed E-state index contributed by atoms with van der Waals surface area (Å²) in [5.41, 5.74) is 0.0365. The Bertz CT molecular complexity index is 576. The molecule has 2 atom stereocenters. The van der Waals surface area contributed by atoms with Gasteiger partial charge in [-0.2, -0.15) is 0 Å². The van der Waals surface area contributed by atoms with Crippen molar-refractivity contribution in [3.05, 3.63) is 35.6 Å². The van der Waals surface area contributed by atoms with Crippen molar-refractivity contribution in [3.63, 3.8) is 0 Å². The lowest BCUT2D eigenvalue weighted by Crippen LogP contribution is -2.40. The zero-order chi connectivity index (χ0) is 15.2. The number of hydrogen-bond donors (Lipinski definition) is 1. The number of nitrogens with one attached hydrogen (secondary N) is 1. The van der Waals surface area contributed by atoms with E-state index in [-0.39, 0.29) is 24.1 Å². The van der Waals surface area contributed by atoms with Crippen LogP contribution >= 0.6 is 12.4 Å². The van der Waals surface area contributed by atoms with Crippen LogP contribution < -0.4 is 5.32 Å². The molecular weight excluding hydrogens is 315 g/mol. The molecule has 2 heterocycles. The van der Waals surface area contributed by atoms with Crippen molar-refractivity contribution in [1.82, 2.24) is 10.2 Å². The molecule has 1 N–H and O–H groups in total. The van der Waals surface area contributed by atoms with E-state index in [0.717, 1.165) is 51.9 Å². The van der Waals surface area contributed by atoms with Gasteiger partial charge in [-0.1, -0.05) is 18.2 Å². The first-order chi connectivity index (χ1) is 10.7. The molecule has 0 spiro atoms. The third kappa shape index (κ3) is 2.87. The fourth-order valence-electron chi connectivity index (χ4n) is 4.30. The van der Waals surface area contributed by atoms with Crippen LogP contribution in [0.5, 0.6) is 0 Å². The normalized spacial score (nSPS) is 28.5. The van der Waals surface area contributed by atoms with Gasteiger partial charge in [0.2, 0.25) is 5.91 Å². The van der Waals surface area contributed by atoms with Crippen molar-refractivity contribution in [2.75, 3.05) is 26.2 Å². The minimum absolute atomic E-state index is 0. The Labute approximate surface area is 143 Å². The Balaban J connectivity index is 0.00000156. The van der Waals surface area contributed by atoms with Crippen molar-refractivity contribution in [2.45, 2.75) is 31.1 Å². The summed E-state index contributed by atoms with van der Waals surface area (Å²) in [6.45, 7) is 3.84. The molecule has 1 aliphatic carbocycles. The number of nitrogens with zero attached hydrogens (tertiary/aromatic N) is 1. The summed E-state index contributed by atoms with van der Waals surface area (Å²) < 4.78 is 14.1. The Morgan fingerprint density at radius 2 is 1.74 bits per heavy atom. The molecule has 1 aromatic carbocycles. The second-order valence-electron chi connectivity index (χ2n) is 7.11. The monoisotopic (exact) mass is 338 g/mol. The lowest BCUT2D eigenvalue weighted by Gasteiger charge is -2.27. The number of carbonyl (C=O) groups is 1. The summed E-state index contributed by atoms with van der Waals surface area (Å²) in [5, 5.41) is 3.46. The molecule has 5 heteroatoms. The number of carbonyl (C=O) groups excluding carboxylic acids is 1. The molecule has 1 amide bonds. The molecule has 4 rings (SSSR count). The topological polar surface area (TPSA) is 32.3 Å². The van der Waals surface area contributed by atoms with Crippen molar-refractivity contribution in [1.29, 1.82) is 0 Å². The zero-order valence-electron chi connectivity index (χ0n) is 13.3. The van der Waals surface area contributed by atoms with Crippen LogP contribution in [0.2, 0.25) is 0 Å². The Kier molecular flexibility index (Phi) is 4.65. The average Bonchev–Trinajstić information content (AvgIpc) is 3.26. The lowest BCUT2D eigenvalue weighted by molar-refractivity contribution is -0.134. The van der Waals surface area contributed by atoms with Crippen LogP contribution in [0, 0.1) is 17.7 Å². The fraction of sp³-hybridized carbons (Fsp3) is 0.611. The van der Waals surface area contributed by atoms with Gasteiger partial charge in [0.15, 0.2) is 0 Å². The number of amides is 1. The molecule has 0 bridgehead atoms. The van der Waals surface area contributed by atoms with Gasteiger partial charge in [0.25, 0.3) is 0 Å². The largest absolute Gasteiger partial charge is 0.342 e. The smallest absolute Gasteiger partial charge is 0.233 e. The van der Waals surface area contributed by atoms with E-state index >= 15 is 0 Å². The van der Waals surface area contributed by atoms with Gasteiger partial charge >= 0.3 is 0 Å². The van der Waals surface area contributed by atoms with Crippen molar-refractivity contribution >= 4 is 18.3 Å². The summed E-state index contributed by atoms with van der Waals surface area (Å²) in [4.78, 5) is 15.1. The number of rotatable bonds is 2. The molecule has 3 nitrogen and oxygen atoms in total. The SMILES string of the molecule is Cl.O=C(N1CC[C@@H]2CNC[C@@H]2CC1)C1(c2ccccc2F)CC1. The lowest BCUT2D eigenvalue weighted by atomic mass is 9.92. The first-order valence-electron chi connectivity index (χ1n) is 8.46. The number of benzene rings is 1. The van der Waals surface area contributed by atoms with Crippen LogP contribution in [0.25, 0.3) is 0 Å². The van der Waals surface area contributed by atoms with Gasteiger partial charge in [-0.3, -0.25) is 4.79 Å². The summed E-state index contributed by atoms with van der Waals surface area (Å²) in [7, 11) is 0. The van der Waals surface area contributed by atoms with Gasteiger partial charge in [-0.05, 0) is 56.7 Å². The molecular formula is C18H24ClFN2O. The van der Waals surface area contributed by atoms with Crippen LogP contribution in [0.1, 0.15) is 31.2 Å². The van der Waals surface area contributed by atoms with E-state index in [9.17, 15) is 9.18 Å². The predicted molar refractivity (Wildman–Crippen MR) is 90.2 cm³/mol. The van der Waals surface area contributed by atoms with Crippen LogP contribution in [-0.2, 0) is 10.2 Å². The molecule has 0 unspecified atom stereocenters. The molecule has 3 fully saturated rings. The van der Waals surface area contributed by atoms with Crippen molar-refractivity contribution in [2.24, 2.45) is 11.8 Å². The van der Waals surface area contributed by atoms with Gasteiger partial charge in [-0.15, -0.1) is 12.4 Å². The molecule has 1 aromatic rings. The Hall–Kier alpha value is -1.13. The fourth-order valence-corrected chi connectivity index (χ4v) is 4.30. The molecule has 1 saturated carbocycles. The van der Waals surface area contributed by atoms with Crippen molar-refractivity contribution in [3.8, 4) is 0 Å². The van der Waals surface area contributed by atoms with Gasteiger partial charge in [0.05, 0.1) is 5.41 Å². The third-order valence-corrected chi connectivity index (χ3v) is 5.86. The third-order valence-electron chi connectivity index (χ3n) is 5.86. The molecule has 0 radical (unpaired) electrons. The van der Waals surface area contributed by atoms with E-state index in [1.54, 1.807) is 12.1 Å². The van der Waals surface area contributed by atoms with E-state index in [4.69, 9.17) is 0 Å². The van der Waals surface area contributed by atoms with Crippen LogP contribution in [0.4, 0.5) is 4.39 Å². The van der Waals surface area contributed by atoms with Gasteiger partial charge in [-0.25, -0.2) is 4.39 Å². The second kappa shape index (κ2) is 6.40. The highest BCUT2D eigenvalue weighted by Gasteiger charge is 2.54. The summed E-state index contributed by atoms with van der Waals surface area (Å²) >= 11 is 0. The summed E-state index contributed by atoms with van der Waals surface area (Å²) in [6, 6.07) is 6.79. The number of likely N-dealkylation sites (tertiary alicyclic amines) is 1. The predicted octanol–water partition coefficient (Wildman–Crippen LogP) is 2.74. The summed E-state index contributed by atoms with van der Waals surface area (Å²) in [5.74, 6) is 1.35. The van der Waals surface area contributed by atoms with Gasteiger partial charge in [0, 0.05) is 18.7 Å². The maximum Gasteiger partial charge on any atom is 0.233 e. The molecule has 3 aliphatic rings. The van der Waals surface area contributed by atoms with E-state index in [2.05, 4.69) is 5.32 Å². The number of fused-ring (bicyclic) bond motifs is 1. The average molecular weight is 339 g/mol. The second-order valence-corrected chi connectivity index (χ2v) is 7.11. The first-order valence-corrected chi connectivity index (χ1v) is 8.46. The highest BCUT2D eigenvalue weighted by atomic mass is 35.5. The van der Waals surface area contributed by atoms with E-state index < -0.39 is 5.41 Å². The van der Waals surface area contributed by atoms with Gasteiger partial charge < -0.3 is 10.2 Å². The highest BCUT2D eigenvalue weighted by molar-refractivity contribution is 5.91. The first kappa shape index (κ1) is 16.7. The van der Waals surface area contributed by atoms with E-state index in [1.807, 2.05) is 11.0 Å². The zero-order valence-corrected chi connectivity index (χ0v) is 14.1. The number of hydrogen-bond acceptors (Lipinski definition) is 2. The molecule has 0 aromatic heterocycles. The minimum Gasteiger partial charge on any atom is -0.342 e. The minimum atomic E-state index is -0.566. The maximum absolute atomic E-state index is 14.1. The Morgan fingerprint density at radius 3 is 2.30 bits per heavy atom. The molecule has 2 saturated heterocycles. The quantitative estimate of drug-likeness (QED) is 0.899. The van der Waals surface area contributed by atoms with Gasteiger partial charge in [0.1, 0.15) is 5.82 Å². The molecule has 126 valence electrons. The van der Waals surface area contributed by atoms with Crippen LogP contribution in [-0.4, -0.2) is 37.0 Å². The number of halogens is 2. The highest BCUT2D eigenvalue weighted by Crippen LogP contribution is 2.50. The standard InChI is InChI=1S/C18H23FN2O.ClH/c19-16-4-2-1-3-15(16)18(7-8-18)17(22)21-9-5-13-11-20-12-14(13)6-10-21;/h1-4,13-14,20H,5-12H2;1H/t13-,14+;. The van der Waals surface area contributed by atoms with E-state index in [1.165, 1.54) is 6.07 Å². The van der Waals surface area contributed by atoms with Crippen molar-refractivity contribution < 1.29 is 9.18 Å². The molecule has 23 heavy (non-hydrogen) atoms. The van der Waals surface area contributed by atoms with Crippen LogP contribution in [0.3, 0.4) is 0 Å². The maximum atomic E-state index is 14.1.